The Morgan fingerprint density at radius 2 is 2.17 bits per heavy atom. The van der Waals surface area contributed by atoms with Gasteiger partial charge in [-0.1, -0.05) is 12.1 Å². The fraction of sp³-hybridized carbons (Fsp3) is 0.200. The summed E-state index contributed by atoms with van der Waals surface area (Å²) in [4.78, 5) is 30.5. The molecule has 1 amide bonds. The average Bonchev–Trinajstić information content (AvgIpc) is 2.30. The zero-order chi connectivity index (χ0) is 13.7. The molecule has 0 saturated heterocycles. The lowest BCUT2D eigenvalue weighted by Crippen LogP contribution is -2.46. The van der Waals surface area contributed by atoms with E-state index in [1.807, 2.05) is 5.32 Å². The van der Waals surface area contributed by atoms with Crippen LogP contribution in [0, 0.1) is 10.1 Å². The summed E-state index contributed by atoms with van der Waals surface area (Å²) in [5, 5.41) is 34.3. The quantitative estimate of drug-likeness (QED) is 0.356. The molecule has 1 aromatic carbocycles. The van der Waals surface area contributed by atoms with Gasteiger partial charge in [-0.3, -0.25) is 14.9 Å². The van der Waals surface area contributed by atoms with Gasteiger partial charge >= 0.3 is 0 Å². The van der Waals surface area contributed by atoms with E-state index in [9.17, 15) is 29.9 Å². The van der Waals surface area contributed by atoms with Crippen molar-refractivity contribution in [3.63, 3.8) is 0 Å². The van der Waals surface area contributed by atoms with E-state index >= 15 is 0 Å². The van der Waals surface area contributed by atoms with Gasteiger partial charge in [0.05, 0.1) is 16.9 Å². The average molecular weight is 252 g/mol. The number of hydrogen-bond acceptors (Lipinski definition) is 6. The molecule has 8 heteroatoms. The molecule has 1 atom stereocenters. The normalized spacial score (nSPS) is 11.6. The van der Waals surface area contributed by atoms with Crippen LogP contribution in [0.5, 0.6) is 5.75 Å². The van der Waals surface area contributed by atoms with Crippen molar-refractivity contribution in [2.75, 3.05) is 0 Å². The highest BCUT2D eigenvalue weighted by molar-refractivity contribution is 5.74. The maximum Gasteiger partial charge on any atom is 0.261 e. The number of amides is 1. The number of aliphatic carboxylic acids is 1. The Labute approximate surface area is 101 Å². The molecular formula is C10H8N2O6-2. The van der Waals surface area contributed by atoms with Gasteiger partial charge < -0.3 is 20.3 Å². The molecule has 0 aromatic heterocycles. The lowest BCUT2D eigenvalue weighted by Gasteiger charge is -2.17. The first kappa shape index (κ1) is 13.4. The predicted molar refractivity (Wildman–Crippen MR) is 54.2 cm³/mol. The molecule has 1 N–H and O–H groups in total. The maximum atomic E-state index is 11.1. The van der Waals surface area contributed by atoms with Gasteiger partial charge in [0.2, 0.25) is 6.41 Å². The summed E-state index contributed by atoms with van der Waals surface area (Å²) < 4.78 is 0. The van der Waals surface area contributed by atoms with Crippen molar-refractivity contribution in [2.45, 2.75) is 12.5 Å². The van der Waals surface area contributed by atoms with Gasteiger partial charge in [-0.2, -0.15) is 0 Å². The van der Waals surface area contributed by atoms with E-state index in [1.165, 1.54) is 6.07 Å². The Hall–Kier alpha value is -2.64. The number of carboxylic acid groups (broad SMARTS) is 1. The second-order valence-electron chi connectivity index (χ2n) is 3.42. The van der Waals surface area contributed by atoms with Crippen LogP contribution in [0.4, 0.5) is 5.69 Å². The Kier molecular flexibility index (Phi) is 4.19. The largest absolute Gasteiger partial charge is 0.868 e. The molecule has 8 nitrogen and oxygen atoms in total. The van der Waals surface area contributed by atoms with E-state index in [0.717, 1.165) is 12.1 Å². The minimum atomic E-state index is -1.52. The molecule has 0 aliphatic heterocycles. The molecular weight excluding hydrogens is 244 g/mol. The summed E-state index contributed by atoms with van der Waals surface area (Å²) in [7, 11) is 0. The number of hydrogen-bond donors (Lipinski definition) is 1. The number of nitrogens with zero attached hydrogens (tertiary/aromatic N) is 1. The Balaban J connectivity index is 2.96. The van der Waals surface area contributed by atoms with Gasteiger partial charge in [-0.25, -0.2) is 0 Å². The van der Waals surface area contributed by atoms with Gasteiger partial charge in [0.15, 0.2) is 0 Å². The lowest BCUT2D eigenvalue weighted by molar-refractivity contribution is -0.398. The number of benzene rings is 1. The molecule has 0 saturated carbocycles. The molecule has 0 spiro atoms. The summed E-state index contributed by atoms with van der Waals surface area (Å²) in [5.74, 6) is -2.28. The molecule has 1 rings (SSSR count). The van der Waals surface area contributed by atoms with Crippen molar-refractivity contribution in [2.24, 2.45) is 0 Å². The summed E-state index contributed by atoms with van der Waals surface area (Å²) in [6, 6.07) is 1.91. The SMILES string of the molecule is O=CN[C@H](Cc1ccc([O-])c([N+](=O)[O-])c1)C(=O)[O-]. The van der Waals surface area contributed by atoms with Crippen LogP contribution >= 0.6 is 0 Å². The molecule has 0 aliphatic rings. The van der Waals surface area contributed by atoms with Gasteiger partial charge in [0, 0.05) is 6.07 Å². The molecule has 1 aromatic rings. The van der Waals surface area contributed by atoms with E-state index in [2.05, 4.69) is 0 Å². The molecule has 0 radical (unpaired) electrons. The maximum absolute atomic E-state index is 11.1. The number of nitro groups is 1. The van der Waals surface area contributed by atoms with Crippen LogP contribution in [-0.4, -0.2) is 23.3 Å². The van der Waals surface area contributed by atoms with Crippen LogP contribution in [0.3, 0.4) is 0 Å². The van der Waals surface area contributed by atoms with E-state index in [-0.39, 0.29) is 18.4 Å². The Bertz CT molecular complexity index is 487. The smallest absolute Gasteiger partial charge is 0.261 e. The van der Waals surface area contributed by atoms with Gasteiger partial charge in [0.1, 0.15) is 0 Å². The summed E-state index contributed by atoms with van der Waals surface area (Å²) in [6.07, 6.45) is -0.0148. The van der Waals surface area contributed by atoms with E-state index in [1.54, 1.807) is 0 Å². The molecule has 0 aliphatic carbocycles. The fourth-order valence-electron chi connectivity index (χ4n) is 1.36. The predicted octanol–water partition coefficient (Wildman–Crippen LogP) is -1.92. The van der Waals surface area contributed by atoms with Gasteiger partial charge in [-0.05, 0) is 17.7 Å². The van der Waals surface area contributed by atoms with Gasteiger partial charge in [0.25, 0.3) is 5.69 Å². The van der Waals surface area contributed by atoms with E-state index in [0.29, 0.717) is 0 Å². The van der Waals surface area contributed by atoms with Crippen molar-refractivity contribution in [1.82, 2.24) is 5.32 Å². The van der Waals surface area contributed by atoms with Crippen LogP contribution in [0.15, 0.2) is 18.2 Å². The molecule has 0 unspecified atom stereocenters. The number of nitrogens with one attached hydrogen (secondary N) is 1. The highest BCUT2D eigenvalue weighted by Gasteiger charge is 2.13. The lowest BCUT2D eigenvalue weighted by atomic mass is 10.1. The summed E-state index contributed by atoms with van der Waals surface area (Å²) >= 11 is 0. The van der Waals surface area contributed by atoms with E-state index < -0.39 is 28.4 Å². The minimum absolute atomic E-state index is 0.191. The minimum Gasteiger partial charge on any atom is -0.868 e. The highest BCUT2D eigenvalue weighted by Crippen LogP contribution is 2.24. The summed E-state index contributed by atoms with van der Waals surface area (Å²) in [6.45, 7) is 0. The summed E-state index contributed by atoms with van der Waals surface area (Å²) in [5.41, 5.74) is -0.402. The third-order valence-electron chi connectivity index (χ3n) is 2.21. The number of carbonyl (C=O) groups excluding carboxylic acids is 2. The molecule has 18 heavy (non-hydrogen) atoms. The van der Waals surface area contributed by atoms with Crippen LogP contribution in [0.25, 0.3) is 0 Å². The van der Waals surface area contributed by atoms with Crippen molar-refractivity contribution < 1.29 is 24.7 Å². The Morgan fingerprint density at radius 1 is 1.50 bits per heavy atom. The van der Waals surface area contributed by atoms with Crippen LogP contribution in [0.2, 0.25) is 0 Å². The second kappa shape index (κ2) is 5.62. The second-order valence-corrected chi connectivity index (χ2v) is 3.42. The first-order valence-corrected chi connectivity index (χ1v) is 4.80. The van der Waals surface area contributed by atoms with Crippen molar-refractivity contribution in [3.05, 3.63) is 33.9 Å². The standard InChI is InChI=1S/C10H10N2O6/c13-5-11-7(10(15)16)3-6-1-2-9(14)8(4-6)12(17)18/h1-2,4-5,7,14H,3H2,(H,11,13)(H,15,16)/p-2/t7-/m1/s1. The number of carboxylic acids is 1. The van der Waals surface area contributed by atoms with Crippen LogP contribution < -0.4 is 15.5 Å². The number of carbonyl (C=O) groups is 2. The third kappa shape index (κ3) is 3.17. The van der Waals surface area contributed by atoms with Gasteiger partial charge in [-0.15, -0.1) is 0 Å². The van der Waals surface area contributed by atoms with Crippen LogP contribution in [-0.2, 0) is 16.0 Å². The molecule has 0 fully saturated rings. The molecule has 96 valence electrons. The van der Waals surface area contributed by atoms with E-state index in [4.69, 9.17) is 0 Å². The zero-order valence-electron chi connectivity index (χ0n) is 8.99. The van der Waals surface area contributed by atoms with Crippen molar-refractivity contribution in [1.29, 1.82) is 0 Å². The van der Waals surface area contributed by atoms with Crippen molar-refractivity contribution >= 4 is 18.1 Å². The van der Waals surface area contributed by atoms with Crippen molar-refractivity contribution in [3.8, 4) is 5.75 Å². The number of rotatable bonds is 6. The highest BCUT2D eigenvalue weighted by atomic mass is 16.6. The monoisotopic (exact) mass is 252 g/mol. The molecule has 0 heterocycles. The first-order valence-electron chi connectivity index (χ1n) is 4.80. The third-order valence-corrected chi connectivity index (χ3v) is 2.21. The number of nitro benzene ring substituents is 1. The Morgan fingerprint density at radius 3 is 2.67 bits per heavy atom. The topological polar surface area (TPSA) is 135 Å². The molecule has 0 bridgehead atoms. The zero-order valence-corrected chi connectivity index (χ0v) is 8.99. The van der Waals surface area contributed by atoms with Crippen LogP contribution in [0.1, 0.15) is 5.56 Å². The first-order chi connectivity index (χ1) is 8.45. The fourth-order valence-corrected chi connectivity index (χ4v) is 1.36.